The van der Waals surface area contributed by atoms with Crippen molar-refractivity contribution in [1.29, 1.82) is 0 Å². The van der Waals surface area contributed by atoms with Crippen molar-refractivity contribution < 1.29 is 33.3 Å². The van der Waals surface area contributed by atoms with E-state index in [2.05, 4.69) is 11.1 Å². The first-order valence-electron chi connectivity index (χ1n) is 12.3. The van der Waals surface area contributed by atoms with E-state index in [1.807, 2.05) is 36.7 Å². The first-order valence-corrected chi connectivity index (χ1v) is 12.7. The number of aromatic amines is 1. The molecule has 41 heavy (non-hydrogen) atoms. The Morgan fingerprint density at radius 2 is 1.88 bits per heavy atom. The van der Waals surface area contributed by atoms with Gasteiger partial charge in [-0.25, -0.2) is 18.4 Å². The molecule has 2 heterocycles. The van der Waals surface area contributed by atoms with Crippen molar-refractivity contribution in [3.63, 3.8) is 0 Å². The number of carboxylic acids is 2. The second-order valence-corrected chi connectivity index (χ2v) is 9.99. The number of hydrogen-bond donors (Lipinski definition) is 3. The number of aliphatic carboxylic acids is 2. The van der Waals surface area contributed by atoms with Crippen molar-refractivity contribution in [2.45, 2.75) is 31.4 Å². The molecule has 1 unspecified atom stereocenters. The van der Waals surface area contributed by atoms with Crippen LogP contribution in [-0.4, -0.2) is 36.6 Å². The number of allylic oxidation sites excluding steroid dienone is 2. The standard InChI is InChI=1S/C16H13ClF2O5.C14H12N2O/c1-8-4-13(16(17,15(22)23)6-11(8)14(20)21)24-7-9-2-3-10(18)5-12(9)19;17-14-3-1-2-8-16(14)10-11-4-5-13-12(9-11)6-7-15-13/h2-5H,6-7H2,1H3,(H,20,21)(H,22,23);1-9,15H,10H2. The molecule has 1 atom stereocenters. The van der Waals surface area contributed by atoms with Gasteiger partial charge < -0.3 is 24.5 Å². The zero-order valence-electron chi connectivity index (χ0n) is 21.7. The van der Waals surface area contributed by atoms with E-state index in [9.17, 15) is 28.3 Å². The Kier molecular flexibility index (Phi) is 8.73. The van der Waals surface area contributed by atoms with Gasteiger partial charge in [0.15, 0.2) is 0 Å². The summed E-state index contributed by atoms with van der Waals surface area (Å²) in [5, 5.41) is 19.6. The van der Waals surface area contributed by atoms with Crippen molar-refractivity contribution in [1.82, 2.24) is 9.55 Å². The van der Waals surface area contributed by atoms with Gasteiger partial charge in [-0.15, -0.1) is 0 Å². The minimum atomic E-state index is -2.11. The highest BCUT2D eigenvalue weighted by Crippen LogP contribution is 2.39. The van der Waals surface area contributed by atoms with E-state index >= 15 is 0 Å². The second kappa shape index (κ2) is 12.2. The Bertz CT molecular complexity index is 1740. The molecule has 11 heteroatoms. The molecule has 0 aliphatic heterocycles. The second-order valence-electron chi connectivity index (χ2n) is 9.35. The van der Waals surface area contributed by atoms with E-state index in [-0.39, 0.29) is 34.6 Å². The number of rotatable bonds is 7. The van der Waals surface area contributed by atoms with Gasteiger partial charge in [0.25, 0.3) is 5.56 Å². The molecular weight excluding hydrogens is 558 g/mol. The molecule has 0 amide bonds. The highest BCUT2D eigenvalue weighted by Gasteiger charge is 2.46. The monoisotopic (exact) mass is 582 g/mol. The molecular formula is C30H25ClF2N2O6. The number of ether oxygens (including phenoxy) is 1. The van der Waals surface area contributed by atoms with Crippen molar-refractivity contribution in [3.05, 3.63) is 129 Å². The molecule has 0 radical (unpaired) electrons. The molecule has 0 saturated carbocycles. The number of fused-ring (bicyclic) bond motifs is 1. The van der Waals surface area contributed by atoms with Gasteiger partial charge in [-0.05, 0) is 65.9 Å². The molecule has 1 aliphatic carbocycles. The number of hydrogen-bond acceptors (Lipinski definition) is 4. The molecule has 0 bridgehead atoms. The number of alkyl halides is 1. The summed E-state index contributed by atoms with van der Waals surface area (Å²) in [6.07, 6.45) is 4.45. The summed E-state index contributed by atoms with van der Waals surface area (Å²) >= 11 is 6.07. The molecule has 0 fully saturated rings. The van der Waals surface area contributed by atoms with Crippen LogP contribution < -0.4 is 5.56 Å². The number of carboxylic acid groups (broad SMARTS) is 2. The summed E-state index contributed by atoms with van der Waals surface area (Å²) < 4.78 is 33.5. The summed E-state index contributed by atoms with van der Waals surface area (Å²) in [7, 11) is 0. The van der Waals surface area contributed by atoms with E-state index in [0.717, 1.165) is 23.2 Å². The van der Waals surface area contributed by atoms with Crippen molar-refractivity contribution in [2.75, 3.05) is 0 Å². The molecule has 3 N–H and O–H groups in total. The van der Waals surface area contributed by atoms with Crippen LogP contribution in [0, 0.1) is 11.6 Å². The van der Waals surface area contributed by atoms with Gasteiger partial charge in [0.2, 0.25) is 4.87 Å². The van der Waals surface area contributed by atoms with Crippen LogP contribution >= 0.6 is 11.6 Å². The lowest BCUT2D eigenvalue weighted by atomic mass is 9.87. The summed E-state index contributed by atoms with van der Waals surface area (Å²) in [6, 6.07) is 16.3. The van der Waals surface area contributed by atoms with Crippen molar-refractivity contribution in [2.24, 2.45) is 0 Å². The third-order valence-corrected chi connectivity index (χ3v) is 6.98. The van der Waals surface area contributed by atoms with Crippen LogP contribution in [0.5, 0.6) is 0 Å². The largest absolute Gasteiger partial charge is 0.491 e. The number of nitrogens with one attached hydrogen (secondary N) is 1. The average molecular weight is 583 g/mol. The molecule has 0 saturated heterocycles. The van der Waals surface area contributed by atoms with E-state index in [1.165, 1.54) is 18.4 Å². The van der Waals surface area contributed by atoms with Crippen LogP contribution in [0.1, 0.15) is 24.5 Å². The van der Waals surface area contributed by atoms with E-state index < -0.39 is 34.9 Å². The Balaban J connectivity index is 0.000000199. The predicted molar refractivity (Wildman–Crippen MR) is 149 cm³/mol. The molecule has 8 nitrogen and oxygen atoms in total. The first-order chi connectivity index (χ1) is 19.5. The van der Waals surface area contributed by atoms with Crippen molar-refractivity contribution in [3.8, 4) is 0 Å². The van der Waals surface area contributed by atoms with Gasteiger partial charge in [-0.1, -0.05) is 23.7 Å². The number of aromatic nitrogens is 2. The van der Waals surface area contributed by atoms with Crippen LogP contribution in [0.4, 0.5) is 8.78 Å². The third-order valence-electron chi connectivity index (χ3n) is 6.50. The Morgan fingerprint density at radius 1 is 1.10 bits per heavy atom. The molecule has 1 aliphatic rings. The Morgan fingerprint density at radius 3 is 2.56 bits per heavy atom. The number of H-pyrrole nitrogens is 1. The van der Waals surface area contributed by atoms with Gasteiger partial charge in [-0.2, -0.15) is 0 Å². The van der Waals surface area contributed by atoms with Crippen LogP contribution in [0.2, 0.25) is 0 Å². The fourth-order valence-corrected chi connectivity index (χ4v) is 4.48. The zero-order valence-corrected chi connectivity index (χ0v) is 22.5. The normalized spacial score (nSPS) is 16.5. The predicted octanol–water partition coefficient (Wildman–Crippen LogP) is 5.61. The number of nitrogens with zero attached hydrogens (tertiary/aromatic N) is 1. The third kappa shape index (κ3) is 6.72. The number of halogens is 3. The number of benzene rings is 2. The van der Waals surface area contributed by atoms with Crippen LogP contribution in [0.15, 0.2) is 101 Å². The van der Waals surface area contributed by atoms with E-state index in [0.29, 0.717) is 12.6 Å². The SMILES string of the molecule is CC1=C(C(=O)O)CC(Cl)(C(=O)O)C(OCc2ccc(F)cc2F)=C1.O=c1ccccn1Cc1ccc2[nH]ccc2c1. The average Bonchev–Trinajstić information content (AvgIpc) is 3.39. The van der Waals surface area contributed by atoms with Crippen LogP contribution in [-0.2, 0) is 27.5 Å². The van der Waals surface area contributed by atoms with Gasteiger partial charge >= 0.3 is 11.9 Å². The highest BCUT2D eigenvalue weighted by atomic mass is 35.5. The molecule has 0 spiro atoms. The zero-order chi connectivity index (χ0) is 29.7. The minimum absolute atomic E-state index is 0.00682. The molecule has 2 aromatic carbocycles. The van der Waals surface area contributed by atoms with Gasteiger partial charge in [0.1, 0.15) is 24.0 Å². The quantitative estimate of drug-likeness (QED) is 0.244. The Hall–Kier alpha value is -4.70. The maximum Gasteiger partial charge on any atom is 0.332 e. The Labute approximate surface area is 237 Å². The van der Waals surface area contributed by atoms with Gasteiger partial charge in [-0.3, -0.25) is 4.79 Å². The van der Waals surface area contributed by atoms with E-state index in [1.54, 1.807) is 16.7 Å². The number of carbonyl (C=O) groups is 2. The fraction of sp³-hybridized carbons (Fsp3) is 0.167. The molecule has 212 valence electrons. The van der Waals surface area contributed by atoms with Gasteiger partial charge in [0, 0.05) is 47.6 Å². The lowest BCUT2D eigenvalue weighted by molar-refractivity contribution is -0.140. The number of pyridine rings is 1. The van der Waals surface area contributed by atoms with Crippen molar-refractivity contribution >= 4 is 34.4 Å². The lowest BCUT2D eigenvalue weighted by Gasteiger charge is -2.29. The lowest BCUT2D eigenvalue weighted by Crippen LogP contribution is -2.39. The highest BCUT2D eigenvalue weighted by molar-refractivity contribution is 6.36. The molecule has 4 aromatic rings. The summed E-state index contributed by atoms with van der Waals surface area (Å²) in [5.41, 5.74) is 2.43. The summed E-state index contributed by atoms with van der Waals surface area (Å²) in [5.74, 6) is -4.57. The van der Waals surface area contributed by atoms with Gasteiger partial charge in [0.05, 0.1) is 6.54 Å². The maximum atomic E-state index is 13.6. The summed E-state index contributed by atoms with van der Waals surface area (Å²) in [6.45, 7) is 1.71. The summed E-state index contributed by atoms with van der Waals surface area (Å²) in [4.78, 5) is 35.3. The van der Waals surface area contributed by atoms with Crippen LogP contribution in [0.25, 0.3) is 10.9 Å². The smallest absolute Gasteiger partial charge is 0.332 e. The minimum Gasteiger partial charge on any atom is -0.491 e. The molecule has 5 rings (SSSR count). The van der Waals surface area contributed by atoms with E-state index in [4.69, 9.17) is 21.4 Å². The topological polar surface area (TPSA) is 122 Å². The fourth-order valence-electron chi connectivity index (χ4n) is 4.23. The maximum absolute atomic E-state index is 13.6. The van der Waals surface area contributed by atoms with Crippen LogP contribution in [0.3, 0.4) is 0 Å². The molecule has 2 aromatic heterocycles. The first kappa shape index (κ1) is 29.3.